The van der Waals surface area contributed by atoms with Gasteiger partial charge in [0.2, 0.25) is 0 Å². The average Bonchev–Trinajstić information content (AvgIpc) is 3.09. The van der Waals surface area contributed by atoms with Crippen LogP contribution in [0.4, 0.5) is 0 Å². The van der Waals surface area contributed by atoms with Crippen molar-refractivity contribution in [3.8, 4) is 11.3 Å². The summed E-state index contributed by atoms with van der Waals surface area (Å²) in [5.74, 6) is -0.0739. The summed E-state index contributed by atoms with van der Waals surface area (Å²) in [4.78, 5) is 21.9. The predicted molar refractivity (Wildman–Crippen MR) is 95.1 cm³/mol. The summed E-state index contributed by atoms with van der Waals surface area (Å²) in [7, 11) is 0. The molecular weight excluding hydrogens is 316 g/mol. The summed E-state index contributed by atoms with van der Waals surface area (Å²) in [5.41, 5.74) is 2.77. The Hall–Kier alpha value is -2.80. The van der Waals surface area contributed by atoms with E-state index >= 15 is 0 Å². The van der Waals surface area contributed by atoms with Gasteiger partial charge in [-0.3, -0.25) is 4.79 Å². The van der Waals surface area contributed by atoms with Gasteiger partial charge < -0.3 is 15.2 Å². The fraction of sp³-hybridized carbons (Fsp3) is 0.333. The molecule has 4 heterocycles. The first-order valence-corrected chi connectivity index (χ1v) is 8.34. The summed E-state index contributed by atoms with van der Waals surface area (Å²) in [6.07, 6.45) is 3.58. The Morgan fingerprint density at radius 1 is 1.20 bits per heavy atom. The van der Waals surface area contributed by atoms with Crippen LogP contribution in [-0.2, 0) is 0 Å². The largest absolute Gasteiger partial charge is 0.346 e. The highest BCUT2D eigenvalue weighted by molar-refractivity contribution is 5.94. The Morgan fingerprint density at radius 3 is 2.84 bits per heavy atom. The smallest absolute Gasteiger partial charge is 0.274 e. The Balaban J connectivity index is 1.60. The Morgan fingerprint density at radius 2 is 2.08 bits per heavy atom. The van der Waals surface area contributed by atoms with Crippen molar-refractivity contribution in [2.45, 2.75) is 19.4 Å². The molecule has 25 heavy (non-hydrogen) atoms. The molecule has 1 fully saturated rings. The second kappa shape index (κ2) is 5.93. The van der Waals surface area contributed by atoms with E-state index in [1.165, 1.54) is 0 Å². The predicted octanol–water partition coefficient (Wildman–Crippen LogP) is 1.84. The highest BCUT2D eigenvalue weighted by atomic mass is 16.2. The lowest BCUT2D eigenvalue weighted by molar-refractivity contribution is 0.0645. The quantitative estimate of drug-likeness (QED) is 0.746. The van der Waals surface area contributed by atoms with Crippen molar-refractivity contribution in [1.82, 2.24) is 30.4 Å². The van der Waals surface area contributed by atoms with Crippen molar-refractivity contribution < 1.29 is 4.79 Å². The number of H-pyrrole nitrogens is 1. The van der Waals surface area contributed by atoms with Crippen molar-refractivity contribution >= 4 is 16.9 Å². The zero-order chi connectivity index (χ0) is 17.4. The summed E-state index contributed by atoms with van der Waals surface area (Å²) in [5, 5.41) is 12.8. The summed E-state index contributed by atoms with van der Waals surface area (Å²) >= 11 is 0. The molecule has 1 aliphatic heterocycles. The molecule has 4 rings (SSSR count). The van der Waals surface area contributed by atoms with Gasteiger partial charge in [0.25, 0.3) is 5.91 Å². The molecule has 0 bridgehead atoms. The van der Waals surface area contributed by atoms with E-state index in [0.29, 0.717) is 18.8 Å². The van der Waals surface area contributed by atoms with Gasteiger partial charge in [0.05, 0.1) is 5.69 Å². The molecule has 128 valence electrons. The molecule has 7 nitrogen and oxygen atoms in total. The SMILES string of the molecule is CC1(C)CN(C(=O)c2ccc(-c3ccnc4[nH]ccc34)nn2)CCN1. The molecule has 2 N–H and O–H groups in total. The van der Waals surface area contributed by atoms with E-state index in [-0.39, 0.29) is 11.4 Å². The Labute approximate surface area is 145 Å². The number of hydrogen-bond donors (Lipinski definition) is 2. The van der Waals surface area contributed by atoms with Crippen molar-refractivity contribution in [3.63, 3.8) is 0 Å². The second-order valence-corrected chi connectivity index (χ2v) is 6.94. The molecule has 1 saturated heterocycles. The maximum atomic E-state index is 12.7. The molecule has 0 unspecified atom stereocenters. The lowest BCUT2D eigenvalue weighted by atomic mass is 10.0. The number of carbonyl (C=O) groups is 1. The van der Waals surface area contributed by atoms with Crippen LogP contribution < -0.4 is 5.32 Å². The normalized spacial score (nSPS) is 17.0. The number of pyridine rings is 1. The van der Waals surface area contributed by atoms with E-state index in [0.717, 1.165) is 28.8 Å². The highest BCUT2D eigenvalue weighted by Gasteiger charge is 2.29. The van der Waals surface area contributed by atoms with Crippen LogP contribution in [0.2, 0.25) is 0 Å². The lowest BCUT2D eigenvalue weighted by Gasteiger charge is -2.38. The van der Waals surface area contributed by atoms with Gasteiger partial charge in [0, 0.05) is 48.5 Å². The van der Waals surface area contributed by atoms with E-state index in [4.69, 9.17) is 0 Å². The number of amides is 1. The number of piperazine rings is 1. The van der Waals surface area contributed by atoms with E-state index in [1.807, 2.05) is 29.3 Å². The fourth-order valence-electron chi connectivity index (χ4n) is 3.25. The molecule has 7 heteroatoms. The van der Waals surface area contributed by atoms with Gasteiger partial charge in [-0.2, -0.15) is 0 Å². The van der Waals surface area contributed by atoms with Gasteiger partial charge in [0.15, 0.2) is 5.69 Å². The van der Waals surface area contributed by atoms with Gasteiger partial charge in [-0.05, 0) is 38.1 Å². The van der Waals surface area contributed by atoms with Gasteiger partial charge in [-0.1, -0.05) is 0 Å². The van der Waals surface area contributed by atoms with E-state index in [2.05, 4.69) is 39.3 Å². The number of nitrogens with one attached hydrogen (secondary N) is 2. The van der Waals surface area contributed by atoms with Crippen LogP contribution >= 0.6 is 0 Å². The number of nitrogens with zero attached hydrogens (tertiary/aromatic N) is 4. The van der Waals surface area contributed by atoms with Crippen LogP contribution in [0.1, 0.15) is 24.3 Å². The number of hydrogen-bond acceptors (Lipinski definition) is 5. The van der Waals surface area contributed by atoms with Gasteiger partial charge in [-0.25, -0.2) is 4.98 Å². The molecule has 1 amide bonds. The van der Waals surface area contributed by atoms with Crippen LogP contribution in [0.3, 0.4) is 0 Å². The molecule has 0 atom stereocenters. The van der Waals surface area contributed by atoms with E-state index in [9.17, 15) is 4.79 Å². The third kappa shape index (κ3) is 2.98. The summed E-state index contributed by atoms with van der Waals surface area (Å²) < 4.78 is 0. The van der Waals surface area contributed by atoms with Crippen LogP contribution in [0, 0.1) is 0 Å². The minimum atomic E-state index is -0.0851. The third-order valence-electron chi connectivity index (χ3n) is 4.48. The van der Waals surface area contributed by atoms with Crippen LogP contribution in [0.5, 0.6) is 0 Å². The van der Waals surface area contributed by atoms with Crippen molar-refractivity contribution in [3.05, 3.63) is 42.4 Å². The average molecular weight is 336 g/mol. The number of carbonyl (C=O) groups excluding carboxylic acids is 1. The molecule has 3 aromatic rings. The Bertz CT molecular complexity index is 915. The first-order valence-electron chi connectivity index (χ1n) is 8.34. The zero-order valence-corrected chi connectivity index (χ0v) is 14.3. The molecule has 0 saturated carbocycles. The van der Waals surface area contributed by atoms with Crippen molar-refractivity contribution in [2.75, 3.05) is 19.6 Å². The molecule has 0 aromatic carbocycles. The maximum absolute atomic E-state index is 12.7. The van der Waals surface area contributed by atoms with Gasteiger partial charge in [-0.15, -0.1) is 10.2 Å². The molecular formula is C18H20N6O. The molecule has 0 radical (unpaired) electrons. The van der Waals surface area contributed by atoms with E-state index < -0.39 is 0 Å². The summed E-state index contributed by atoms with van der Waals surface area (Å²) in [6.45, 7) is 6.30. The van der Waals surface area contributed by atoms with E-state index in [1.54, 1.807) is 12.3 Å². The highest BCUT2D eigenvalue weighted by Crippen LogP contribution is 2.25. The van der Waals surface area contributed by atoms with Gasteiger partial charge in [0.1, 0.15) is 5.65 Å². The topological polar surface area (TPSA) is 86.8 Å². The molecule has 0 spiro atoms. The Kier molecular flexibility index (Phi) is 3.73. The monoisotopic (exact) mass is 336 g/mol. The summed E-state index contributed by atoms with van der Waals surface area (Å²) in [6, 6.07) is 7.45. The zero-order valence-electron chi connectivity index (χ0n) is 14.3. The number of aromatic nitrogens is 4. The minimum absolute atomic E-state index is 0.0739. The third-order valence-corrected chi connectivity index (χ3v) is 4.48. The lowest BCUT2D eigenvalue weighted by Crippen LogP contribution is -2.58. The minimum Gasteiger partial charge on any atom is -0.346 e. The second-order valence-electron chi connectivity index (χ2n) is 6.94. The maximum Gasteiger partial charge on any atom is 0.274 e. The van der Waals surface area contributed by atoms with Crippen molar-refractivity contribution in [2.24, 2.45) is 0 Å². The first kappa shape index (κ1) is 15.7. The molecule has 0 aliphatic carbocycles. The fourth-order valence-corrected chi connectivity index (χ4v) is 3.25. The van der Waals surface area contributed by atoms with Gasteiger partial charge >= 0.3 is 0 Å². The number of fused-ring (bicyclic) bond motifs is 1. The number of rotatable bonds is 2. The van der Waals surface area contributed by atoms with Crippen LogP contribution in [0.15, 0.2) is 36.7 Å². The first-order chi connectivity index (χ1) is 12.0. The van der Waals surface area contributed by atoms with Crippen molar-refractivity contribution in [1.29, 1.82) is 0 Å². The van der Waals surface area contributed by atoms with Crippen LogP contribution in [0.25, 0.3) is 22.3 Å². The number of aromatic amines is 1. The standard InChI is InChI=1S/C18H20N6O/c1-18(2)11-24(10-9-21-18)17(25)15-4-3-14(22-23-15)12-5-7-19-16-13(12)6-8-20-16/h3-8,21H,9-11H2,1-2H3,(H,19,20). The molecule has 3 aromatic heterocycles. The van der Waals surface area contributed by atoms with Crippen LogP contribution in [-0.4, -0.2) is 56.1 Å². The molecule has 1 aliphatic rings.